The lowest BCUT2D eigenvalue weighted by Gasteiger charge is -2.11. The summed E-state index contributed by atoms with van der Waals surface area (Å²) in [4.78, 5) is 4.45. The van der Waals surface area contributed by atoms with Crippen LogP contribution in [0.15, 0.2) is 29.3 Å². The van der Waals surface area contributed by atoms with Gasteiger partial charge < -0.3 is 10.6 Å². The normalized spacial score (nSPS) is 11.4. The smallest absolute Gasteiger partial charge is 0.191 e. The maximum absolute atomic E-state index is 5.85. The molecule has 0 saturated carbocycles. The number of aliphatic imine (C=N–C) groups is 1. The van der Waals surface area contributed by atoms with Crippen LogP contribution in [0, 0.1) is 0 Å². The van der Waals surface area contributed by atoms with Gasteiger partial charge in [0.15, 0.2) is 5.96 Å². The zero-order valence-corrected chi connectivity index (χ0v) is 11.9. The van der Waals surface area contributed by atoms with Gasteiger partial charge in [-0.05, 0) is 37.5 Å². The van der Waals surface area contributed by atoms with E-state index in [2.05, 4.69) is 41.6 Å². The van der Waals surface area contributed by atoms with Crippen LogP contribution in [0.25, 0.3) is 0 Å². The predicted octanol–water partition coefficient (Wildman–Crippen LogP) is 2.85. The first-order chi connectivity index (χ1) is 8.76. The molecule has 0 radical (unpaired) electrons. The summed E-state index contributed by atoms with van der Waals surface area (Å²) in [5, 5.41) is 7.34. The fourth-order valence-electron chi connectivity index (χ4n) is 1.54. The molecule has 18 heavy (non-hydrogen) atoms. The van der Waals surface area contributed by atoms with Gasteiger partial charge in [0.2, 0.25) is 0 Å². The highest BCUT2D eigenvalue weighted by Crippen LogP contribution is 2.09. The largest absolute Gasteiger partial charge is 0.357 e. The van der Waals surface area contributed by atoms with Crippen molar-refractivity contribution in [1.29, 1.82) is 0 Å². The van der Waals surface area contributed by atoms with Gasteiger partial charge in [-0.15, -0.1) is 0 Å². The standard InChI is InChI=1S/C14H22ClN3/c1-3-10-17-14(16-4-2)18-11-9-12-5-7-13(15)8-6-12/h5-8H,3-4,9-11H2,1-2H3,(H2,16,17,18). The van der Waals surface area contributed by atoms with Crippen LogP contribution in [0.4, 0.5) is 0 Å². The molecule has 0 aliphatic carbocycles. The molecule has 2 N–H and O–H groups in total. The molecule has 1 aromatic rings. The van der Waals surface area contributed by atoms with E-state index in [9.17, 15) is 0 Å². The molecule has 0 aromatic heterocycles. The van der Waals surface area contributed by atoms with Crippen LogP contribution in [-0.2, 0) is 6.42 Å². The number of rotatable bonds is 6. The Kier molecular flexibility index (Phi) is 7.26. The molecule has 0 amide bonds. The van der Waals surface area contributed by atoms with E-state index in [-0.39, 0.29) is 0 Å². The van der Waals surface area contributed by atoms with Gasteiger partial charge in [-0.1, -0.05) is 30.7 Å². The highest BCUT2D eigenvalue weighted by atomic mass is 35.5. The summed E-state index contributed by atoms with van der Waals surface area (Å²) in [7, 11) is 0. The van der Waals surface area contributed by atoms with Gasteiger partial charge in [0.25, 0.3) is 0 Å². The monoisotopic (exact) mass is 267 g/mol. The Morgan fingerprint density at radius 3 is 2.50 bits per heavy atom. The Balaban J connectivity index is 2.36. The fraction of sp³-hybridized carbons (Fsp3) is 0.500. The summed E-state index contributed by atoms with van der Waals surface area (Å²) in [5.74, 6) is 0.897. The lowest BCUT2D eigenvalue weighted by atomic mass is 10.1. The van der Waals surface area contributed by atoms with Crippen molar-refractivity contribution < 1.29 is 0 Å². The van der Waals surface area contributed by atoms with Crippen LogP contribution < -0.4 is 10.6 Å². The number of nitrogens with zero attached hydrogens (tertiary/aromatic N) is 1. The molecule has 4 heteroatoms. The van der Waals surface area contributed by atoms with E-state index in [1.165, 1.54) is 5.56 Å². The molecule has 100 valence electrons. The molecule has 0 bridgehead atoms. The molecule has 0 spiro atoms. The number of guanidine groups is 1. The number of halogens is 1. The van der Waals surface area contributed by atoms with Crippen molar-refractivity contribution in [3.63, 3.8) is 0 Å². The number of nitrogens with one attached hydrogen (secondary N) is 2. The summed E-state index contributed by atoms with van der Waals surface area (Å²) in [5.41, 5.74) is 1.28. The second kappa shape index (κ2) is 8.81. The second-order valence-electron chi connectivity index (χ2n) is 4.06. The number of hydrogen-bond acceptors (Lipinski definition) is 1. The molecule has 1 aromatic carbocycles. The summed E-state index contributed by atoms with van der Waals surface area (Å²) >= 11 is 5.85. The third-order valence-corrected chi connectivity index (χ3v) is 2.71. The summed E-state index contributed by atoms with van der Waals surface area (Å²) in [6.07, 6.45) is 2.03. The molecule has 1 rings (SSSR count). The van der Waals surface area contributed by atoms with Crippen molar-refractivity contribution in [2.75, 3.05) is 19.6 Å². The van der Waals surface area contributed by atoms with Crippen molar-refractivity contribution in [3.8, 4) is 0 Å². The van der Waals surface area contributed by atoms with Crippen molar-refractivity contribution >= 4 is 17.6 Å². The SMILES string of the molecule is CCCN=C(NCC)NCCc1ccc(Cl)cc1. The molecule has 3 nitrogen and oxygen atoms in total. The zero-order valence-electron chi connectivity index (χ0n) is 11.2. The first-order valence-electron chi connectivity index (χ1n) is 6.53. The fourth-order valence-corrected chi connectivity index (χ4v) is 1.67. The lowest BCUT2D eigenvalue weighted by molar-refractivity contribution is 0.793. The van der Waals surface area contributed by atoms with Gasteiger partial charge >= 0.3 is 0 Å². The third-order valence-electron chi connectivity index (χ3n) is 2.46. The Bertz CT molecular complexity index is 360. The van der Waals surface area contributed by atoms with E-state index in [0.29, 0.717) is 0 Å². The van der Waals surface area contributed by atoms with E-state index in [1.807, 2.05) is 12.1 Å². The van der Waals surface area contributed by atoms with Crippen molar-refractivity contribution in [1.82, 2.24) is 10.6 Å². The number of hydrogen-bond donors (Lipinski definition) is 2. The molecular formula is C14H22ClN3. The highest BCUT2D eigenvalue weighted by Gasteiger charge is 1.97. The minimum Gasteiger partial charge on any atom is -0.357 e. The van der Waals surface area contributed by atoms with E-state index in [0.717, 1.165) is 43.5 Å². The van der Waals surface area contributed by atoms with E-state index >= 15 is 0 Å². The van der Waals surface area contributed by atoms with Gasteiger partial charge in [0.1, 0.15) is 0 Å². The molecule has 0 saturated heterocycles. The molecule has 0 atom stereocenters. The molecular weight excluding hydrogens is 246 g/mol. The van der Waals surface area contributed by atoms with Crippen molar-refractivity contribution in [3.05, 3.63) is 34.9 Å². The van der Waals surface area contributed by atoms with Gasteiger partial charge in [0, 0.05) is 24.7 Å². The number of benzene rings is 1. The first-order valence-corrected chi connectivity index (χ1v) is 6.90. The summed E-state index contributed by atoms with van der Waals surface area (Å²) < 4.78 is 0. The summed E-state index contributed by atoms with van der Waals surface area (Å²) in [6, 6.07) is 7.96. The summed E-state index contributed by atoms with van der Waals surface area (Å²) in [6.45, 7) is 6.81. The van der Waals surface area contributed by atoms with E-state index in [4.69, 9.17) is 11.6 Å². The Hall–Kier alpha value is -1.22. The van der Waals surface area contributed by atoms with Gasteiger partial charge in [0.05, 0.1) is 0 Å². The van der Waals surface area contributed by atoms with E-state index in [1.54, 1.807) is 0 Å². The second-order valence-corrected chi connectivity index (χ2v) is 4.50. The molecule has 0 aliphatic rings. The highest BCUT2D eigenvalue weighted by molar-refractivity contribution is 6.30. The van der Waals surface area contributed by atoms with E-state index < -0.39 is 0 Å². The van der Waals surface area contributed by atoms with Crippen LogP contribution in [0.2, 0.25) is 5.02 Å². The average molecular weight is 268 g/mol. The maximum Gasteiger partial charge on any atom is 0.191 e. The molecule has 0 aliphatic heterocycles. The van der Waals surface area contributed by atoms with Gasteiger partial charge in [-0.2, -0.15) is 0 Å². The van der Waals surface area contributed by atoms with Crippen LogP contribution in [0.3, 0.4) is 0 Å². The van der Waals surface area contributed by atoms with Crippen LogP contribution in [-0.4, -0.2) is 25.6 Å². The lowest BCUT2D eigenvalue weighted by Crippen LogP contribution is -2.38. The first kappa shape index (κ1) is 14.8. The molecule has 0 unspecified atom stereocenters. The Labute approximate surface area is 115 Å². The van der Waals surface area contributed by atoms with Crippen LogP contribution in [0.1, 0.15) is 25.8 Å². The van der Waals surface area contributed by atoms with Gasteiger partial charge in [-0.25, -0.2) is 0 Å². The maximum atomic E-state index is 5.85. The minimum absolute atomic E-state index is 0.782. The third kappa shape index (κ3) is 5.92. The zero-order chi connectivity index (χ0) is 13.2. The van der Waals surface area contributed by atoms with Gasteiger partial charge in [-0.3, -0.25) is 4.99 Å². The minimum atomic E-state index is 0.782. The molecule has 0 heterocycles. The Morgan fingerprint density at radius 2 is 1.89 bits per heavy atom. The van der Waals surface area contributed by atoms with Crippen LogP contribution in [0.5, 0.6) is 0 Å². The van der Waals surface area contributed by atoms with Crippen molar-refractivity contribution in [2.24, 2.45) is 4.99 Å². The predicted molar refractivity (Wildman–Crippen MR) is 79.4 cm³/mol. The quantitative estimate of drug-likeness (QED) is 0.614. The topological polar surface area (TPSA) is 36.4 Å². The average Bonchev–Trinajstić information content (AvgIpc) is 2.38. The molecule has 0 fully saturated rings. The Morgan fingerprint density at radius 1 is 1.17 bits per heavy atom. The van der Waals surface area contributed by atoms with Crippen LogP contribution >= 0.6 is 11.6 Å². The van der Waals surface area contributed by atoms with Crippen molar-refractivity contribution in [2.45, 2.75) is 26.7 Å².